The predicted molar refractivity (Wildman–Crippen MR) is 152 cm³/mol. The van der Waals surface area contributed by atoms with Gasteiger partial charge in [-0.05, 0) is 70.1 Å². The highest BCUT2D eigenvalue weighted by atomic mass is 127. The summed E-state index contributed by atoms with van der Waals surface area (Å²) in [5.74, 6) is -0.0237. The van der Waals surface area contributed by atoms with E-state index in [0.717, 1.165) is 14.0 Å². The Morgan fingerprint density at radius 3 is 2.62 bits per heavy atom. The van der Waals surface area contributed by atoms with Gasteiger partial charge in [0.2, 0.25) is 0 Å². The first kappa shape index (κ1) is 27.1. The summed E-state index contributed by atoms with van der Waals surface area (Å²) in [6, 6.07) is 16.4. The molecule has 39 heavy (non-hydrogen) atoms. The quantitative estimate of drug-likeness (QED) is 0.164. The molecule has 11 heteroatoms. The van der Waals surface area contributed by atoms with Crippen LogP contribution < -0.4 is 10.1 Å². The van der Waals surface area contributed by atoms with E-state index in [1.807, 2.05) is 34.7 Å². The molecular formula is C28H23ClFIN4O4. The normalized spacial score (nSPS) is 15.9. The summed E-state index contributed by atoms with van der Waals surface area (Å²) in [6.07, 6.45) is 1.68. The molecule has 200 valence electrons. The van der Waals surface area contributed by atoms with E-state index in [-0.39, 0.29) is 19.6 Å². The van der Waals surface area contributed by atoms with Crippen molar-refractivity contribution >= 4 is 46.1 Å². The second kappa shape index (κ2) is 11.7. The molecule has 2 heterocycles. The Morgan fingerprint density at radius 1 is 1.13 bits per heavy atom. The maximum Gasteiger partial charge on any atom is 0.325 e. The lowest BCUT2D eigenvalue weighted by molar-refractivity contribution is -0.129. The molecule has 0 unspecified atom stereocenters. The molecule has 8 nitrogen and oxygen atoms in total. The van der Waals surface area contributed by atoms with Crippen molar-refractivity contribution in [2.75, 3.05) is 13.2 Å². The Bertz CT molecular complexity index is 1510. The average Bonchev–Trinajstić information content (AvgIpc) is 3.52. The van der Waals surface area contributed by atoms with Gasteiger partial charge in [-0.1, -0.05) is 41.9 Å². The molecule has 0 aliphatic carbocycles. The minimum Gasteiger partial charge on any atom is -0.491 e. The van der Waals surface area contributed by atoms with Crippen molar-refractivity contribution in [3.8, 4) is 17.0 Å². The SMILES string of the molecule is O=C1N[C@H](c2ccc(OCCO)cc2)C(=O)N1[C@@H](Cc1ccccc1Cl)c1ncc(-c2ccc(I)cc2F)[nH]1. The molecule has 1 aromatic heterocycles. The van der Waals surface area contributed by atoms with E-state index in [1.165, 1.54) is 12.3 Å². The molecule has 0 radical (unpaired) electrons. The first-order chi connectivity index (χ1) is 18.9. The van der Waals surface area contributed by atoms with Crippen LogP contribution in [-0.4, -0.2) is 45.1 Å². The molecule has 1 aliphatic rings. The van der Waals surface area contributed by atoms with Crippen molar-refractivity contribution in [3.05, 3.63) is 104 Å². The molecule has 0 bridgehead atoms. The van der Waals surface area contributed by atoms with Crippen molar-refractivity contribution in [3.63, 3.8) is 0 Å². The van der Waals surface area contributed by atoms with Crippen LogP contribution in [0.25, 0.3) is 11.3 Å². The Hall–Kier alpha value is -3.48. The van der Waals surface area contributed by atoms with Crippen molar-refractivity contribution in [2.24, 2.45) is 0 Å². The third-order valence-corrected chi connectivity index (χ3v) is 7.40. The molecule has 2 atom stereocenters. The number of ether oxygens (including phenoxy) is 1. The van der Waals surface area contributed by atoms with Gasteiger partial charge in [-0.15, -0.1) is 0 Å². The van der Waals surface area contributed by atoms with Crippen LogP contribution in [-0.2, 0) is 11.2 Å². The summed E-state index contributed by atoms with van der Waals surface area (Å²) in [7, 11) is 0. The molecule has 0 spiro atoms. The Morgan fingerprint density at radius 2 is 1.90 bits per heavy atom. The molecule has 1 saturated heterocycles. The predicted octanol–water partition coefficient (Wildman–Crippen LogP) is 5.42. The third kappa shape index (κ3) is 5.77. The fourth-order valence-electron chi connectivity index (χ4n) is 4.47. The Labute approximate surface area is 242 Å². The number of nitrogens with zero attached hydrogens (tertiary/aromatic N) is 2. The number of carbonyl (C=O) groups is 2. The number of nitrogens with one attached hydrogen (secondary N) is 2. The number of imide groups is 1. The number of aliphatic hydroxyl groups is 1. The molecular weight excluding hydrogens is 638 g/mol. The summed E-state index contributed by atoms with van der Waals surface area (Å²) in [5.41, 5.74) is 2.04. The lowest BCUT2D eigenvalue weighted by Crippen LogP contribution is -2.37. The van der Waals surface area contributed by atoms with Gasteiger partial charge in [0.25, 0.3) is 5.91 Å². The van der Waals surface area contributed by atoms with E-state index in [2.05, 4.69) is 15.3 Å². The van der Waals surface area contributed by atoms with E-state index in [9.17, 15) is 14.0 Å². The molecule has 0 saturated carbocycles. The number of rotatable bonds is 9. The fourth-order valence-corrected chi connectivity index (χ4v) is 5.13. The largest absolute Gasteiger partial charge is 0.491 e. The van der Waals surface area contributed by atoms with Gasteiger partial charge in [0.05, 0.1) is 18.5 Å². The van der Waals surface area contributed by atoms with E-state index in [0.29, 0.717) is 33.4 Å². The van der Waals surface area contributed by atoms with Crippen molar-refractivity contribution in [1.82, 2.24) is 20.2 Å². The van der Waals surface area contributed by atoms with Gasteiger partial charge in [0, 0.05) is 20.6 Å². The van der Waals surface area contributed by atoms with E-state index in [1.54, 1.807) is 48.5 Å². The van der Waals surface area contributed by atoms with Crippen LogP contribution in [0.2, 0.25) is 5.02 Å². The fraction of sp³-hybridized carbons (Fsp3) is 0.179. The number of benzene rings is 3. The minimum atomic E-state index is -0.916. The number of amides is 3. The van der Waals surface area contributed by atoms with Gasteiger partial charge in [-0.2, -0.15) is 0 Å². The molecule has 3 amide bonds. The Balaban J connectivity index is 1.48. The summed E-state index contributed by atoms with van der Waals surface area (Å²) < 4.78 is 20.8. The number of urea groups is 1. The highest BCUT2D eigenvalue weighted by molar-refractivity contribution is 14.1. The molecule has 1 aliphatic heterocycles. The van der Waals surface area contributed by atoms with E-state index in [4.69, 9.17) is 21.4 Å². The van der Waals surface area contributed by atoms with Crippen molar-refractivity contribution in [2.45, 2.75) is 18.5 Å². The van der Waals surface area contributed by atoms with Crippen LogP contribution in [0.15, 0.2) is 72.9 Å². The molecule has 4 aromatic rings. The zero-order valence-electron chi connectivity index (χ0n) is 20.4. The molecule has 3 aromatic carbocycles. The third-order valence-electron chi connectivity index (χ3n) is 6.36. The minimum absolute atomic E-state index is 0.120. The van der Waals surface area contributed by atoms with Crippen LogP contribution in [0.3, 0.4) is 0 Å². The average molecular weight is 661 g/mol. The zero-order chi connectivity index (χ0) is 27.5. The van der Waals surface area contributed by atoms with Gasteiger partial charge < -0.3 is 20.1 Å². The smallest absolute Gasteiger partial charge is 0.325 e. The van der Waals surface area contributed by atoms with Crippen LogP contribution in [0, 0.1) is 9.39 Å². The van der Waals surface area contributed by atoms with Gasteiger partial charge in [-0.25, -0.2) is 14.2 Å². The molecule has 5 rings (SSSR count). The topological polar surface area (TPSA) is 108 Å². The monoisotopic (exact) mass is 660 g/mol. The summed E-state index contributed by atoms with van der Waals surface area (Å²) in [6.45, 7) is 0.0264. The lowest BCUT2D eigenvalue weighted by Gasteiger charge is -2.24. The van der Waals surface area contributed by atoms with Crippen LogP contribution in [0.4, 0.5) is 9.18 Å². The van der Waals surface area contributed by atoms with Gasteiger partial charge in [0.15, 0.2) is 0 Å². The van der Waals surface area contributed by atoms with Crippen molar-refractivity contribution < 1.29 is 23.8 Å². The summed E-state index contributed by atoms with van der Waals surface area (Å²) in [4.78, 5) is 35.6. The van der Waals surface area contributed by atoms with Gasteiger partial charge in [-0.3, -0.25) is 9.69 Å². The first-order valence-electron chi connectivity index (χ1n) is 12.1. The van der Waals surface area contributed by atoms with E-state index < -0.39 is 29.8 Å². The first-order valence-corrected chi connectivity index (χ1v) is 13.5. The maximum absolute atomic E-state index is 14.7. The number of aromatic nitrogens is 2. The molecule has 1 fully saturated rings. The Kier molecular flexibility index (Phi) is 8.15. The highest BCUT2D eigenvalue weighted by Gasteiger charge is 2.44. The highest BCUT2D eigenvalue weighted by Crippen LogP contribution is 2.34. The van der Waals surface area contributed by atoms with Gasteiger partial charge >= 0.3 is 6.03 Å². The summed E-state index contributed by atoms with van der Waals surface area (Å²) in [5, 5.41) is 12.2. The summed E-state index contributed by atoms with van der Waals surface area (Å²) >= 11 is 8.47. The maximum atomic E-state index is 14.7. The van der Waals surface area contributed by atoms with Crippen LogP contribution in [0.5, 0.6) is 5.75 Å². The standard InChI is InChI=1S/C28H23ClFIN4O4/c29-21-4-2-1-3-17(21)13-24(26-32-15-23(33-26)20-10-7-18(31)14-22(20)30)35-27(37)25(34-28(35)38)16-5-8-19(9-6-16)39-12-11-36/h1-10,14-15,24-25,36H,11-13H2,(H,32,33)(H,34,38)/t24-,25+/m0/s1. The number of hydrogen-bond donors (Lipinski definition) is 3. The number of carbonyl (C=O) groups excluding carboxylic acids is 2. The second-order valence-corrected chi connectivity index (χ2v) is 10.5. The number of hydrogen-bond acceptors (Lipinski definition) is 5. The number of halogens is 3. The van der Waals surface area contributed by atoms with Crippen molar-refractivity contribution in [1.29, 1.82) is 0 Å². The molecule has 3 N–H and O–H groups in total. The number of imidazole rings is 1. The number of H-pyrrole nitrogens is 1. The lowest BCUT2D eigenvalue weighted by atomic mass is 10.0. The van der Waals surface area contributed by atoms with Crippen LogP contribution >= 0.6 is 34.2 Å². The van der Waals surface area contributed by atoms with Gasteiger partial charge in [0.1, 0.15) is 36.1 Å². The van der Waals surface area contributed by atoms with Crippen LogP contribution in [0.1, 0.15) is 29.0 Å². The van der Waals surface area contributed by atoms with E-state index >= 15 is 0 Å². The second-order valence-electron chi connectivity index (χ2n) is 8.85. The number of aromatic amines is 1. The number of aliphatic hydroxyl groups excluding tert-OH is 1. The zero-order valence-corrected chi connectivity index (χ0v) is 23.3.